The maximum Gasteiger partial charge on any atom is 0.262 e. The molecule has 4 aromatic rings. The van der Waals surface area contributed by atoms with E-state index in [0.29, 0.717) is 28.4 Å². The molecule has 8 heteroatoms. The lowest BCUT2D eigenvalue weighted by Crippen LogP contribution is -2.23. The van der Waals surface area contributed by atoms with Crippen LogP contribution in [0, 0.1) is 11.3 Å². The minimum atomic E-state index is -0.110. The van der Waals surface area contributed by atoms with Gasteiger partial charge in [-0.2, -0.15) is 5.26 Å². The Hall–Kier alpha value is -3.57. The molecule has 0 amide bonds. The summed E-state index contributed by atoms with van der Waals surface area (Å²) in [5, 5.41) is 21.5. The molecule has 0 saturated heterocycles. The van der Waals surface area contributed by atoms with Crippen LogP contribution >= 0.6 is 11.8 Å². The van der Waals surface area contributed by atoms with Crippen molar-refractivity contribution in [3.63, 3.8) is 0 Å². The summed E-state index contributed by atoms with van der Waals surface area (Å²) in [7, 11) is 0. The van der Waals surface area contributed by atoms with Crippen LogP contribution in [-0.4, -0.2) is 30.4 Å². The van der Waals surface area contributed by atoms with E-state index in [1.165, 1.54) is 11.8 Å². The number of aromatic nitrogens is 4. The summed E-state index contributed by atoms with van der Waals surface area (Å²) < 4.78 is 1.68. The van der Waals surface area contributed by atoms with E-state index in [4.69, 9.17) is 0 Å². The first-order valence-electron chi connectivity index (χ1n) is 11.0. The quantitative estimate of drug-likeness (QED) is 0.113. The van der Waals surface area contributed by atoms with E-state index >= 15 is 0 Å². The molecule has 0 aliphatic carbocycles. The van der Waals surface area contributed by atoms with E-state index in [-0.39, 0.29) is 22.6 Å². The number of para-hydroxylation sites is 3. The van der Waals surface area contributed by atoms with Gasteiger partial charge in [0.1, 0.15) is 17.4 Å². The van der Waals surface area contributed by atoms with E-state index in [1.807, 2.05) is 42.5 Å². The van der Waals surface area contributed by atoms with Crippen molar-refractivity contribution in [3.05, 3.63) is 70.5 Å². The lowest BCUT2D eigenvalue weighted by molar-refractivity contribution is 0.420. The van der Waals surface area contributed by atoms with Gasteiger partial charge in [0.15, 0.2) is 11.0 Å². The summed E-state index contributed by atoms with van der Waals surface area (Å²) in [5.41, 5.74) is 2.13. The fourth-order valence-corrected chi connectivity index (χ4v) is 4.59. The van der Waals surface area contributed by atoms with Crippen LogP contribution in [0.2, 0.25) is 0 Å². The van der Waals surface area contributed by atoms with Gasteiger partial charge in [0.2, 0.25) is 0 Å². The highest BCUT2D eigenvalue weighted by Gasteiger charge is 2.16. The van der Waals surface area contributed by atoms with Gasteiger partial charge in [0.25, 0.3) is 5.56 Å². The lowest BCUT2D eigenvalue weighted by atomic mass is 10.2. The number of nitrogens with zero attached hydrogens (tertiary/aromatic N) is 4. The molecule has 2 N–H and O–H groups in total. The Morgan fingerprint density at radius 3 is 2.61 bits per heavy atom. The summed E-state index contributed by atoms with van der Waals surface area (Å²) in [6, 6.07) is 16.8. The molecule has 0 fully saturated rings. The highest BCUT2D eigenvalue weighted by molar-refractivity contribution is 7.99. The maximum absolute atomic E-state index is 13.1. The molecule has 4 rings (SSSR count). The number of rotatable bonds is 9. The number of unbranched alkanes of at least 4 members (excludes halogenated alkanes) is 3. The largest absolute Gasteiger partial charge is 0.510 e. The molecule has 0 saturated carbocycles. The third-order valence-electron chi connectivity index (χ3n) is 5.43. The normalized spacial score (nSPS) is 12.1. The second-order valence-electron chi connectivity index (χ2n) is 7.75. The molecule has 0 unspecified atom stereocenters. The van der Waals surface area contributed by atoms with Crippen molar-refractivity contribution in [2.24, 2.45) is 0 Å². The van der Waals surface area contributed by atoms with Crippen molar-refractivity contribution in [2.75, 3.05) is 5.75 Å². The second-order valence-corrected chi connectivity index (χ2v) is 8.70. The number of nitriles is 1. The molecule has 0 aliphatic heterocycles. The number of aromatic amines is 1. The standard InChI is InChI=1S/C25H25N5O2S/c1-2-3-4-9-14-30-24(32)17-10-5-6-11-19(17)29-25(30)33-16-22(31)18(15-26)23-27-20-12-7-8-13-21(20)28-23/h5-8,10-13,31H,2-4,9,14,16H2,1H3,(H,27,28)/b22-18+. The van der Waals surface area contributed by atoms with Crippen molar-refractivity contribution in [1.29, 1.82) is 5.26 Å². The molecule has 0 spiro atoms. The monoisotopic (exact) mass is 459 g/mol. The molecule has 7 nitrogen and oxygen atoms in total. The lowest BCUT2D eigenvalue weighted by Gasteiger charge is -2.13. The molecule has 33 heavy (non-hydrogen) atoms. The Bertz CT molecular complexity index is 1380. The SMILES string of the molecule is CCCCCCn1c(SC/C(O)=C(/C#N)c2nc3ccccc3[nH]2)nc2ccccc2c1=O. The van der Waals surface area contributed by atoms with E-state index in [0.717, 1.165) is 36.7 Å². The van der Waals surface area contributed by atoms with Crippen LogP contribution in [0.5, 0.6) is 0 Å². The van der Waals surface area contributed by atoms with Crippen LogP contribution in [0.4, 0.5) is 0 Å². The second kappa shape index (κ2) is 10.4. The molecule has 0 bridgehead atoms. The van der Waals surface area contributed by atoms with Gasteiger partial charge in [-0.25, -0.2) is 9.97 Å². The maximum atomic E-state index is 13.1. The van der Waals surface area contributed by atoms with Crippen molar-refractivity contribution >= 4 is 39.3 Å². The third-order valence-corrected chi connectivity index (χ3v) is 6.41. The molecular formula is C25H25N5O2S. The molecular weight excluding hydrogens is 434 g/mol. The zero-order chi connectivity index (χ0) is 23.2. The number of aliphatic hydroxyl groups excluding tert-OH is 1. The number of thioether (sulfide) groups is 1. The van der Waals surface area contributed by atoms with Crippen molar-refractivity contribution in [3.8, 4) is 6.07 Å². The molecule has 0 radical (unpaired) electrons. The molecule has 0 aliphatic rings. The number of benzene rings is 2. The van der Waals surface area contributed by atoms with Crippen LogP contribution in [0.1, 0.15) is 38.4 Å². The Morgan fingerprint density at radius 1 is 1.09 bits per heavy atom. The highest BCUT2D eigenvalue weighted by Crippen LogP contribution is 2.24. The summed E-state index contributed by atoms with van der Waals surface area (Å²) in [6.07, 6.45) is 4.15. The average molecular weight is 460 g/mol. The van der Waals surface area contributed by atoms with Crippen LogP contribution in [0.25, 0.3) is 27.5 Å². The fourth-order valence-electron chi connectivity index (χ4n) is 3.68. The van der Waals surface area contributed by atoms with Gasteiger partial charge >= 0.3 is 0 Å². The minimum Gasteiger partial charge on any atom is -0.510 e. The molecule has 0 atom stereocenters. The van der Waals surface area contributed by atoms with E-state index in [2.05, 4.69) is 27.9 Å². The zero-order valence-corrected chi connectivity index (χ0v) is 19.2. The molecule has 2 aromatic heterocycles. The number of hydrogen-bond donors (Lipinski definition) is 2. The predicted molar refractivity (Wildman–Crippen MR) is 132 cm³/mol. The Labute approximate surface area is 195 Å². The van der Waals surface area contributed by atoms with Gasteiger partial charge in [0, 0.05) is 6.54 Å². The highest BCUT2D eigenvalue weighted by atomic mass is 32.2. The summed E-state index contributed by atoms with van der Waals surface area (Å²) in [6.45, 7) is 2.72. The molecule has 2 heterocycles. The summed E-state index contributed by atoms with van der Waals surface area (Å²) in [4.78, 5) is 25.3. The van der Waals surface area contributed by atoms with Gasteiger partial charge in [-0.3, -0.25) is 9.36 Å². The van der Waals surface area contributed by atoms with Crippen LogP contribution < -0.4 is 5.56 Å². The van der Waals surface area contributed by atoms with Gasteiger partial charge < -0.3 is 10.1 Å². The zero-order valence-electron chi connectivity index (χ0n) is 18.4. The Balaban J connectivity index is 1.64. The number of H-pyrrole nitrogens is 1. The summed E-state index contributed by atoms with van der Waals surface area (Å²) in [5.74, 6) is 0.307. The fraction of sp³-hybridized carbons (Fsp3) is 0.280. The van der Waals surface area contributed by atoms with Crippen LogP contribution in [-0.2, 0) is 6.54 Å². The van der Waals surface area contributed by atoms with Crippen LogP contribution in [0.15, 0.2) is 64.2 Å². The molecule has 2 aromatic carbocycles. The predicted octanol–water partition coefficient (Wildman–Crippen LogP) is 5.44. The number of hydrogen-bond acceptors (Lipinski definition) is 6. The number of allylic oxidation sites excluding steroid dienone is 1. The number of fused-ring (bicyclic) bond motifs is 2. The smallest absolute Gasteiger partial charge is 0.262 e. The van der Waals surface area contributed by atoms with E-state index in [1.54, 1.807) is 10.6 Å². The third kappa shape index (κ3) is 4.94. The van der Waals surface area contributed by atoms with Crippen molar-refractivity contribution in [2.45, 2.75) is 44.3 Å². The van der Waals surface area contributed by atoms with Gasteiger partial charge in [-0.05, 0) is 30.7 Å². The Kier molecular flexibility index (Phi) is 7.10. The first kappa shape index (κ1) is 22.6. The first-order chi connectivity index (χ1) is 16.1. The molecule has 168 valence electrons. The Morgan fingerprint density at radius 2 is 1.85 bits per heavy atom. The average Bonchev–Trinajstić information content (AvgIpc) is 3.26. The topological polar surface area (TPSA) is 108 Å². The van der Waals surface area contributed by atoms with Gasteiger partial charge in [-0.1, -0.05) is 62.2 Å². The van der Waals surface area contributed by atoms with Crippen LogP contribution in [0.3, 0.4) is 0 Å². The number of nitrogens with one attached hydrogen (secondary N) is 1. The van der Waals surface area contributed by atoms with Crippen molar-refractivity contribution < 1.29 is 5.11 Å². The summed E-state index contributed by atoms with van der Waals surface area (Å²) >= 11 is 1.24. The minimum absolute atomic E-state index is 0.0799. The first-order valence-corrected chi connectivity index (χ1v) is 12.0. The van der Waals surface area contributed by atoms with Gasteiger partial charge in [-0.15, -0.1) is 0 Å². The number of aliphatic hydroxyl groups is 1. The van der Waals surface area contributed by atoms with Gasteiger partial charge in [0.05, 0.1) is 27.7 Å². The van der Waals surface area contributed by atoms with E-state index < -0.39 is 0 Å². The van der Waals surface area contributed by atoms with Crippen molar-refractivity contribution in [1.82, 2.24) is 19.5 Å². The van der Waals surface area contributed by atoms with E-state index in [9.17, 15) is 15.2 Å². The number of imidazole rings is 1.